The molecule has 2 heterocycles. The number of carbonyl (C=O) groups is 1. The normalized spacial score (nSPS) is 20.0. The number of nitrogens with zero attached hydrogens (tertiary/aromatic N) is 1. The van der Waals surface area contributed by atoms with Crippen molar-refractivity contribution in [3.63, 3.8) is 0 Å². The predicted octanol–water partition coefficient (Wildman–Crippen LogP) is 1.57. The summed E-state index contributed by atoms with van der Waals surface area (Å²) >= 11 is 0. The van der Waals surface area contributed by atoms with E-state index in [2.05, 4.69) is 10.2 Å². The van der Waals surface area contributed by atoms with Crippen LogP contribution in [-0.4, -0.2) is 43.4 Å². The molecule has 1 aliphatic heterocycles. The molecular weight excluding hydrogens is 240 g/mol. The Bertz CT molecular complexity index is 334. The standard InChI is InChI=1S/C12H18N2O2.ClH/c1-14(10-4-2-6-13-8-10)9-11(15)12-5-3-7-16-12;/h3,5,7,10,13H,2,4,6,8-9H2,1H3;1H. The van der Waals surface area contributed by atoms with Gasteiger partial charge in [-0.2, -0.15) is 0 Å². The van der Waals surface area contributed by atoms with E-state index in [0.717, 1.165) is 19.5 Å². The van der Waals surface area contributed by atoms with Crippen molar-refractivity contribution in [2.24, 2.45) is 0 Å². The molecule has 1 unspecified atom stereocenters. The first kappa shape index (κ1) is 14.2. The maximum atomic E-state index is 11.8. The highest BCUT2D eigenvalue weighted by atomic mass is 35.5. The van der Waals surface area contributed by atoms with Crippen molar-refractivity contribution in [2.75, 3.05) is 26.7 Å². The number of rotatable bonds is 4. The summed E-state index contributed by atoms with van der Waals surface area (Å²) in [6, 6.07) is 3.93. The summed E-state index contributed by atoms with van der Waals surface area (Å²) in [7, 11) is 2.00. The molecule has 1 aliphatic rings. The summed E-state index contributed by atoms with van der Waals surface area (Å²) in [5, 5.41) is 3.35. The maximum absolute atomic E-state index is 11.8. The second-order valence-corrected chi connectivity index (χ2v) is 4.32. The van der Waals surface area contributed by atoms with Crippen LogP contribution in [0, 0.1) is 0 Å². The van der Waals surface area contributed by atoms with E-state index in [9.17, 15) is 4.79 Å². The van der Waals surface area contributed by atoms with Crippen LogP contribution < -0.4 is 5.32 Å². The number of piperidine rings is 1. The molecule has 17 heavy (non-hydrogen) atoms. The Kier molecular flexibility index (Phi) is 5.68. The first-order valence-electron chi connectivity index (χ1n) is 5.75. The molecule has 1 aromatic heterocycles. The van der Waals surface area contributed by atoms with Crippen LogP contribution in [0.15, 0.2) is 22.8 Å². The minimum Gasteiger partial charge on any atom is -0.461 e. The van der Waals surface area contributed by atoms with Gasteiger partial charge in [0.2, 0.25) is 5.78 Å². The van der Waals surface area contributed by atoms with Crippen molar-refractivity contribution in [1.29, 1.82) is 0 Å². The average Bonchev–Trinajstić information content (AvgIpc) is 2.83. The molecule has 1 N–H and O–H groups in total. The highest BCUT2D eigenvalue weighted by Gasteiger charge is 2.20. The van der Waals surface area contributed by atoms with Crippen LogP contribution in [-0.2, 0) is 0 Å². The summed E-state index contributed by atoms with van der Waals surface area (Å²) in [4.78, 5) is 13.9. The molecule has 0 radical (unpaired) electrons. The Hall–Kier alpha value is -0.840. The zero-order valence-electron chi connectivity index (χ0n) is 10.0. The third kappa shape index (κ3) is 3.84. The molecule has 0 bridgehead atoms. The highest BCUT2D eigenvalue weighted by molar-refractivity contribution is 5.94. The fourth-order valence-electron chi connectivity index (χ4n) is 2.08. The van der Waals surface area contributed by atoms with Gasteiger partial charge in [-0.1, -0.05) is 0 Å². The average molecular weight is 259 g/mol. The van der Waals surface area contributed by atoms with Gasteiger partial charge in [-0.05, 0) is 38.6 Å². The number of ketones is 1. The second kappa shape index (κ2) is 6.79. The lowest BCUT2D eigenvalue weighted by Crippen LogP contribution is -2.45. The second-order valence-electron chi connectivity index (χ2n) is 4.32. The fourth-order valence-corrected chi connectivity index (χ4v) is 2.08. The smallest absolute Gasteiger partial charge is 0.211 e. The number of hydrogen-bond donors (Lipinski definition) is 1. The first-order chi connectivity index (χ1) is 7.77. The van der Waals surface area contributed by atoms with Crippen molar-refractivity contribution in [2.45, 2.75) is 18.9 Å². The van der Waals surface area contributed by atoms with Gasteiger partial charge < -0.3 is 9.73 Å². The van der Waals surface area contributed by atoms with E-state index in [1.165, 1.54) is 12.7 Å². The van der Waals surface area contributed by atoms with Crippen LogP contribution in [0.25, 0.3) is 0 Å². The molecule has 4 nitrogen and oxygen atoms in total. The quantitative estimate of drug-likeness (QED) is 0.833. The van der Waals surface area contributed by atoms with E-state index in [1.807, 2.05) is 7.05 Å². The molecule has 96 valence electrons. The monoisotopic (exact) mass is 258 g/mol. The highest BCUT2D eigenvalue weighted by Crippen LogP contribution is 2.10. The third-order valence-electron chi connectivity index (χ3n) is 3.08. The van der Waals surface area contributed by atoms with Crippen molar-refractivity contribution in [3.05, 3.63) is 24.2 Å². The summed E-state index contributed by atoms with van der Waals surface area (Å²) in [5.74, 6) is 0.508. The van der Waals surface area contributed by atoms with Crippen LogP contribution >= 0.6 is 12.4 Å². The van der Waals surface area contributed by atoms with Gasteiger partial charge in [-0.25, -0.2) is 0 Å². The van der Waals surface area contributed by atoms with E-state index in [4.69, 9.17) is 4.42 Å². The lowest BCUT2D eigenvalue weighted by atomic mass is 10.1. The number of furan rings is 1. The van der Waals surface area contributed by atoms with Gasteiger partial charge in [0.1, 0.15) is 0 Å². The van der Waals surface area contributed by atoms with Gasteiger partial charge in [-0.15, -0.1) is 12.4 Å². The van der Waals surface area contributed by atoms with Gasteiger partial charge in [-0.3, -0.25) is 9.69 Å². The Morgan fingerprint density at radius 3 is 3.06 bits per heavy atom. The molecule has 2 rings (SSSR count). The Labute approximate surface area is 108 Å². The number of hydrogen-bond acceptors (Lipinski definition) is 4. The molecule has 0 amide bonds. The van der Waals surface area contributed by atoms with E-state index in [-0.39, 0.29) is 18.2 Å². The summed E-state index contributed by atoms with van der Waals surface area (Å²) < 4.78 is 5.09. The van der Waals surface area contributed by atoms with Crippen molar-refractivity contribution in [1.82, 2.24) is 10.2 Å². The molecule has 5 heteroatoms. The molecule has 0 aliphatic carbocycles. The van der Waals surface area contributed by atoms with E-state index in [0.29, 0.717) is 18.3 Å². The molecule has 1 saturated heterocycles. The molecule has 1 atom stereocenters. The fraction of sp³-hybridized carbons (Fsp3) is 0.583. The minimum atomic E-state index is 0. The van der Waals surface area contributed by atoms with E-state index < -0.39 is 0 Å². The summed E-state index contributed by atoms with van der Waals surface area (Å²) in [6.45, 7) is 2.50. The lowest BCUT2D eigenvalue weighted by molar-refractivity contribution is 0.0879. The molecule has 0 saturated carbocycles. The van der Waals surface area contributed by atoms with Crippen molar-refractivity contribution < 1.29 is 9.21 Å². The number of likely N-dealkylation sites (N-methyl/N-ethyl adjacent to an activating group) is 1. The summed E-state index contributed by atoms with van der Waals surface area (Å²) in [6.07, 6.45) is 3.88. The zero-order valence-corrected chi connectivity index (χ0v) is 10.8. The Morgan fingerprint density at radius 1 is 1.65 bits per heavy atom. The van der Waals surface area contributed by atoms with Crippen LogP contribution in [0.4, 0.5) is 0 Å². The minimum absolute atomic E-state index is 0. The Balaban J connectivity index is 0.00000144. The Morgan fingerprint density at radius 2 is 2.47 bits per heavy atom. The topological polar surface area (TPSA) is 45.5 Å². The summed E-state index contributed by atoms with van der Waals surface area (Å²) in [5.41, 5.74) is 0. The van der Waals surface area contributed by atoms with Gasteiger partial charge in [0.25, 0.3) is 0 Å². The van der Waals surface area contributed by atoms with Crippen LogP contribution in [0.2, 0.25) is 0 Å². The molecule has 0 spiro atoms. The number of Topliss-reactive ketones (excluding diaryl/α,β-unsaturated/α-hetero) is 1. The van der Waals surface area contributed by atoms with Crippen LogP contribution in [0.1, 0.15) is 23.4 Å². The van der Waals surface area contributed by atoms with Gasteiger partial charge >= 0.3 is 0 Å². The van der Waals surface area contributed by atoms with Gasteiger partial charge in [0.15, 0.2) is 5.76 Å². The maximum Gasteiger partial charge on any atom is 0.211 e. The zero-order chi connectivity index (χ0) is 11.4. The van der Waals surface area contributed by atoms with Gasteiger partial charge in [0, 0.05) is 12.6 Å². The van der Waals surface area contributed by atoms with E-state index >= 15 is 0 Å². The van der Waals surface area contributed by atoms with Crippen molar-refractivity contribution in [3.8, 4) is 0 Å². The van der Waals surface area contributed by atoms with Crippen LogP contribution in [0.3, 0.4) is 0 Å². The van der Waals surface area contributed by atoms with Crippen LogP contribution in [0.5, 0.6) is 0 Å². The van der Waals surface area contributed by atoms with Crippen molar-refractivity contribution >= 4 is 18.2 Å². The SMILES string of the molecule is CN(CC(=O)c1ccco1)C1CCCNC1.Cl. The lowest BCUT2D eigenvalue weighted by Gasteiger charge is -2.30. The predicted molar refractivity (Wildman–Crippen MR) is 68.8 cm³/mol. The third-order valence-corrected chi connectivity index (χ3v) is 3.08. The van der Waals surface area contributed by atoms with E-state index in [1.54, 1.807) is 12.1 Å². The number of carbonyl (C=O) groups excluding carboxylic acids is 1. The number of halogens is 1. The molecule has 1 fully saturated rings. The largest absolute Gasteiger partial charge is 0.461 e. The molecule has 0 aromatic carbocycles. The van der Waals surface area contributed by atoms with Gasteiger partial charge in [0.05, 0.1) is 12.8 Å². The first-order valence-corrected chi connectivity index (χ1v) is 5.75. The number of nitrogens with one attached hydrogen (secondary N) is 1. The molecular formula is C12H19ClN2O2. The molecule has 1 aromatic rings.